The van der Waals surface area contributed by atoms with Crippen LogP contribution >= 0.6 is 11.6 Å². The number of carbonyl (C=O) groups excluding carboxylic acids is 2. The van der Waals surface area contributed by atoms with Gasteiger partial charge in [-0.15, -0.1) is 0 Å². The third-order valence-corrected chi connectivity index (χ3v) is 4.81. The zero-order valence-electron chi connectivity index (χ0n) is 18.4. The van der Waals surface area contributed by atoms with Gasteiger partial charge in [0.1, 0.15) is 0 Å². The second-order valence-corrected chi connectivity index (χ2v) is 7.97. The average Bonchev–Trinajstić information content (AvgIpc) is 2.73. The predicted molar refractivity (Wildman–Crippen MR) is 124 cm³/mol. The van der Waals surface area contributed by atoms with Crippen molar-refractivity contribution in [3.05, 3.63) is 59.1 Å². The first-order valence-electron chi connectivity index (χ1n) is 10.2. The van der Waals surface area contributed by atoms with Gasteiger partial charge in [-0.05, 0) is 75.6 Å². The van der Waals surface area contributed by atoms with Crippen LogP contribution in [0.5, 0.6) is 0 Å². The van der Waals surface area contributed by atoms with E-state index < -0.39 is 23.8 Å². The van der Waals surface area contributed by atoms with E-state index >= 15 is 0 Å². The Kier molecular flexibility index (Phi) is 9.80. The van der Waals surface area contributed by atoms with Gasteiger partial charge in [-0.2, -0.15) is 13.2 Å². The topological polar surface area (TPSA) is 76.7 Å². The zero-order chi connectivity index (χ0) is 24.4. The van der Waals surface area contributed by atoms with Gasteiger partial charge in [0.2, 0.25) is 0 Å². The Morgan fingerprint density at radius 2 is 1.45 bits per heavy atom. The lowest BCUT2D eigenvalue weighted by Gasteiger charge is -2.24. The monoisotopic (exact) mass is 485 g/mol. The lowest BCUT2D eigenvalue weighted by Crippen LogP contribution is -2.42. The van der Waals surface area contributed by atoms with Crippen LogP contribution in [0, 0.1) is 0 Å². The van der Waals surface area contributed by atoms with Crippen molar-refractivity contribution in [1.82, 2.24) is 15.1 Å². The van der Waals surface area contributed by atoms with Crippen LogP contribution in [0.3, 0.4) is 0 Å². The molecule has 0 unspecified atom stereocenters. The maximum absolute atomic E-state index is 12.7. The predicted octanol–water partition coefficient (Wildman–Crippen LogP) is 4.97. The number of hydrogen-bond acceptors (Lipinski definition) is 3. The van der Waals surface area contributed by atoms with Crippen LogP contribution in [0.15, 0.2) is 48.5 Å². The fourth-order valence-electron chi connectivity index (χ4n) is 2.85. The summed E-state index contributed by atoms with van der Waals surface area (Å²) in [5, 5.41) is 8.50. The molecule has 0 fully saturated rings. The quantitative estimate of drug-likeness (QED) is 0.469. The molecular weight excluding hydrogens is 459 g/mol. The Hall–Kier alpha value is -2.98. The molecule has 3 N–H and O–H groups in total. The molecular formula is C22H27ClF3N5O2. The highest BCUT2D eigenvalue weighted by Gasteiger charge is 2.30. The number of halogens is 4. The molecule has 0 bridgehead atoms. The van der Waals surface area contributed by atoms with Gasteiger partial charge < -0.3 is 25.8 Å². The molecule has 0 radical (unpaired) electrons. The molecule has 4 amide bonds. The maximum atomic E-state index is 12.7. The molecule has 0 aliphatic heterocycles. The number of urea groups is 2. The van der Waals surface area contributed by atoms with E-state index in [4.69, 9.17) is 11.6 Å². The minimum absolute atomic E-state index is 0.182. The van der Waals surface area contributed by atoms with Crippen molar-refractivity contribution in [2.24, 2.45) is 0 Å². The summed E-state index contributed by atoms with van der Waals surface area (Å²) in [5.74, 6) is 0. The largest absolute Gasteiger partial charge is 0.416 e. The summed E-state index contributed by atoms with van der Waals surface area (Å²) in [7, 11) is 3.82. The first-order chi connectivity index (χ1) is 15.5. The zero-order valence-corrected chi connectivity index (χ0v) is 19.1. The minimum atomic E-state index is -4.45. The average molecular weight is 486 g/mol. The van der Waals surface area contributed by atoms with Gasteiger partial charge in [-0.25, -0.2) is 9.59 Å². The molecule has 7 nitrogen and oxygen atoms in total. The summed E-state index contributed by atoms with van der Waals surface area (Å²) in [6.07, 6.45) is -3.76. The highest BCUT2D eigenvalue weighted by Crippen LogP contribution is 2.29. The molecule has 2 aromatic rings. The lowest BCUT2D eigenvalue weighted by atomic mass is 10.2. The van der Waals surface area contributed by atoms with E-state index in [1.165, 1.54) is 17.0 Å². The Morgan fingerprint density at radius 1 is 0.879 bits per heavy atom. The van der Waals surface area contributed by atoms with Crippen LogP contribution in [0.1, 0.15) is 12.0 Å². The van der Waals surface area contributed by atoms with Gasteiger partial charge in [-0.3, -0.25) is 0 Å². The summed E-state index contributed by atoms with van der Waals surface area (Å²) < 4.78 is 38.2. The van der Waals surface area contributed by atoms with Crippen molar-refractivity contribution >= 4 is 35.0 Å². The van der Waals surface area contributed by atoms with Crippen molar-refractivity contribution in [2.45, 2.75) is 12.6 Å². The molecule has 0 saturated carbocycles. The van der Waals surface area contributed by atoms with E-state index in [-0.39, 0.29) is 18.8 Å². The third-order valence-electron chi connectivity index (χ3n) is 4.55. The number of amides is 4. The summed E-state index contributed by atoms with van der Waals surface area (Å²) >= 11 is 5.82. The SMILES string of the molecule is CN(C)CCCN(CCNC(=O)Nc1ccc(Cl)cc1)C(=O)Nc1ccc(C(F)(F)F)cc1. The standard InChI is InChI=1S/C22H27ClF3N5O2/c1-30(2)13-3-14-31(15-12-27-20(32)28-18-10-6-17(23)7-11-18)21(33)29-19-8-4-16(5-9-19)22(24,25)26/h4-11H,3,12-15H2,1-2H3,(H,29,33)(H2,27,28,32). The Morgan fingerprint density at radius 3 is 2.03 bits per heavy atom. The molecule has 0 aliphatic carbocycles. The van der Waals surface area contributed by atoms with E-state index in [1.54, 1.807) is 24.3 Å². The molecule has 11 heteroatoms. The number of benzene rings is 2. The van der Waals surface area contributed by atoms with Gasteiger partial charge in [0, 0.05) is 36.0 Å². The van der Waals surface area contributed by atoms with Crippen molar-refractivity contribution in [1.29, 1.82) is 0 Å². The fraction of sp³-hybridized carbons (Fsp3) is 0.364. The summed E-state index contributed by atoms with van der Waals surface area (Å²) in [6.45, 7) is 1.55. The van der Waals surface area contributed by atoms with E-state index in [0.717, 1.165) is 18.7 Å². The van der Waals surface area contributed by atoms with Gasteiger partial charge in [0.25, 0.3) is 0 Å². The summed E-state index contributed by atoms with van der Waals surface area (Å²) in [6, 6.07) is 9.95. The van der Waals surface area contributed by atoms with Crippen LogP contribution < -0.4 is 16.0 Å². The number of nitrogens with one attached hydrogen (secondary N) is 3. The van der Waals surface area contributed by atoms with Crippen LogP contribution in [0.2, 0.25) is 5.02 Å². The van der Waals surface area contributed by atoms with Gasteiger partial charge in [0.15, 0.2) is 0 Å². The van der Waals surface area contributed by atoms with Crippen LogP contribution in [-0.2, 0) is 6.18 Å². The number of hydrogen-bond donors (Lipinski definition) is 3. The molecule has 0 heterocycles. The Balaban J connectivity index is 1.91. The number of alkyl halides is 3. The minimum Gasteiger partial charge on any atom is -0.336 e. The first-order valence-corrected chi connectivity index (χ1v) is 10.6. The summed E-state index contributed by atoms with van der Waals surface area (Å²) in [4.78, 5) is 28.3. The fourth-order valence-corrected chi connectivity index (χ4v) is 2.98. The molecule has 33 heavy (non-hydrogen) atoms. The van der Waals surface area contributed by atoms with Crippen LogP contribution in [0.4, 0.5) is 34.1 Å². The van der Waals surface area contributed by atoms with Crippen molar-refractivity contribution < 1.29 is 22.8 Å². The van der Waals surface area contributed by atoms with Gasteiger partial charge >= 0.3 is 18.2 Å². The molecule has 0 aliphatic rings. The number of anilines is 2. The molecule has 0 spiro atoms. The maximum Gasteiger partial charge on any atom is 0.416 e. The van der Waals surface area contributed by atoms with Gasteiger partial charge in [-0.1, -0.05) is 11.6 Å². The summed E-state index contributed by atoms with van der Waals surface area (Å²) in [5.41, 5.74) is 0.0260. The van der Waals surface area contributed by atoms with Gasteiger partial charge in [0.05, 0.1) is 5.56 Å². The van der Waals surface area contributed by atoms with E-state index in [9.17, 15) is 22.8 Å². The highest BCUT2D eigenvalue weighted by molar-refractivity contribution is 6.30. The lowest BCUT2D eigenvalue weighted by molar-refractivity contribution is -0.137. The molecule has 2 aromatic carbocycles. The van der Waals surface area contributed by atoms with Crippen molar-refractivity contribution in [3.8, 4) is 0 Å². The molecule has 0 saturated heterocycles. The Bertz CT molecular complexity index is 906. The number of nitrogens with zero attached hydrogens (tertiary/aromatic N) is 2. The van der Waals surface area contributed by atoms with E-state index in [2.05, 4.69) is 16.0 Å². The van der Waals surface area contributed by atoms with E-state index in [0.29, 0.717) is 23.7 Å². The third kappa shape index (κ3) is 9.58. The molecule has 2 rings (SSSR count). The Labute approximate surface area is 195 Å². The van der Waals surface area contributed by atoms with Crippen molar-refractivity contribution in [2.75, 3.05) is 50.9 Å². The smallest absolute Gasteiger partial charge is 0.336 e. The van der Waals surface area contributed by atoms with E-state index in [1.807, 2.05) is 19.0 Å². The highest BCUT2D eigenvalue weighted by atomic mass is 35.5. The van der Waals surface area contributed by atoms with Crippen LogP contribution in [0.25, 0.3) is 0 Å². The number of rotatable bonds is 9. The van der Waals surface area contributed by atoms with Crippen molar-refractivity contribution in [3.63, 3.8) is 0 Å². The number of carbonyl (C=O) groups is 2. The molecule has 0 atom stereocenters. The normalized spacial score (nSPS) is 11.2. The molecule has 0 aromatic heterocycles. The second-order valence-electron chi connectivity index (χ2n) is 7.54. The first kappa shape index (κ1) is 26.3. The second kappa shape index (κ2) is 12.3. The van der Waals surface area contributed by atoms with Crippen LogP contribution in [-0.4, -0.2) is 62.1 Å². The molecule has 180 valence electrons.